The van der Waals surface area contributed by atoms with E-state index in [0.717, 1.165) is 19.0 Å². The largest absolute Gasteiger partial charge is 0.417 e. The predicted octanol–water partition coefficient (Wildman–Crippen LogP) is 1.99. The van der Waals surface area contributed by atoms with Crippen LogP contribution in [0.3, 0.4) is 0 Å². The number of likely N-dealkylation sites (tertiary alicyclic amines) is 1. The summed E-state index contributed by atoms with van der Waals surface area (Å²) in [5.74, 6) is 0.471. The van der Waals surface area contributed by atoms with Crippen LogP contribution < -0.4 is 5.14 Å². The van der Waals surface area contributed by atoms with Crippen molar-refractivity contribution in [3.8, 4) is 0 Å². The average Bonchev–Trinajstić information content (AvgIpc) is 2.74. The van der Waals surface area contributed by atoms with E-state index >= 15 is 0 Å². The number of nitrogens with zero attached hydrogens (tertiary/aromatic N) is 1. The average molecular weight is 380 g/mol. The Morgan fingerprint density at radius 1 is 1.36 bits per heavy atom. The summed E-state index contributed by atoms with van der Waals surface area (Å²) in [5.41, 5.74) is -1.56. The van der Waals surface area contributed by atoms with Crippen molar-refractivity contribution in [2.24, 2.45) is 11.1 Å². The fourth-order valence-corrected chi connectivity index (χ4v) is 4.33. The van der Waals surface area contributed by atoms with E-state index in [1.807, 2.05) is 11.8 Å². The fourth-order valence-electron chi connectivity index (χ4n) is 3.54. The van der Waals surface area contributed by atoms with E-state index in [-0.39, 0.29) is 24.6 Å². The van der Waals surface area contributed by atoms with Crippen molar-refractivity contribution in [3.63, 3.8) is 0 Å². The van der Waals surface area contributed by atoms with E-state index in [4.69, 9.17) is 5.14 Å². The summed E-state index contributed by atoms with van der Waals surface area (Å²) in [6, 6.07) is 3.47. The highest BCUT2D eigenvalue weighted by Gasteiger charge is 2.39. The molecule has 1 aliphatic rings. The van der Waals surface area contributed by atoms with Gasteiger partial charge in [0, 0.05) is 25.6 Å². The zero-order valence-electron chi connectivity index (χ0n) is 14.1. The van der Waals surface area contributed by atoms with Gasteiger partial charge in [-0.2, -0.15) is 13.2 Å². The highest BCUT2D eigenvalue weighted by Crippen LogP contribution is 2.37. The molecule has 0 amide bonds. The molecule has 25 heavy (non-hydrogen) atoms. The van der Waals surface area contributed by atoms with Gasteiger partial charge in [0.2, 0.25) is 10.0 Å². The second-order valence-corrected chi connectivity index (χ2v) is 8.36. The van der Waals surface area contributed by atoms with Gasteiger partial charge in [-0.3, -0.25) is 4.90 Å². The molecule has 0 spiro atoms. The van der Waals surface area contributed by atoms with Crippen LogP contribution in [0.25, 0.3) is 0 Å². The van der Waals surface area contributed by atoms with Gasteiger partial charge < -0.3 is 5.11 Å². The van der Waals surface area contributed by atoms with Crippen LogP contribution >= 0.6 is 0 Å². The molecule has 0 bridgehead atoms. The zero-order chi connectivity index (χ0) is 19.0. The Hall–Kier alpha value is -1.16. The summed E-state index contributed by atoms with van der Waals surface area (Å²) in [7, 11) is -4.53. The molecule has 1 fully saturated rings. The van der Waals surface area contributed by atoms with Crippen molar-refractivity contribution in [1.82, 2.24) is 4.90 Å². The van der Waals surface area contributed by atoms with Gasteiger partial charge in [0.15, 0.2) is 0 Å². The number of β-amino-alcohol motifs (C(OH)–C–C–N with tert-alkyl or cyclic N) is 1. The number of aliphatic hydroxyl groups excluding tert-OH is 1. The van der Waals surface area contributed by atoms with Crippen LogP contribution in [0.5, 0.6) is 0 Å². The number of sulfonamides is 1. The Balaban J connectivity index is 2.27. The number of alkyl halides is 3. The van der Waals surface area contributed by atoms with Crippen molar-refractivity contribution in [1.29, 1.82) is 0 Å². The SMILES string of the molecule is CC1CC(C)N(C[C@H](O)Cc2cccc(S(N)(=O)=O)c2C(F)(F)F)C1. The van der Waals surface area contributed by atoms with Crippen LogP contribution in [0.15, 0.2) is 23.1 Å². The third-order valence-electron chi connectivity index (χ3n) is 4.52. The zero-order valence-corrected chi connectivity index (χ0v) is 14.9. The van der Waals surface area contributed by atoms with E-state index in [2.05, 4.69) is 6.92 Å². The Labute approximate surface area is 145 Å². The molecule has 0 aliphatic carbocycles. The molecule has 1 saturated heterocycles. The number of hydrogen-bond donors (Lipinski definition) is 2. The number of nitrogens with two attached hydrogens (primary N) is 1. The minimum absolute atomic E-state index is 0.238. The predicted molar refractivity (Wildman–Crippen MR) is 87.3 cm³/mol. The molecule has 9 heteroatoms. The number of primary sulfonamides is 1. The van der Waals surface area contributed by atoms with Crippen molar-refractivity contribution in [2.75, 3.05) is 13.1 Å². The summed E-state index contributed by atoms with van der Waals surface area (Å²) in [6.45, 7) is 5.11. The van der Waals surface area contributed by atoms with E-state index < -0.39 is 32.8 Å². The highest BCUT2D eigenvalue weighted by molar-refractivity contribution is 7.89. The van der Waals surface area contributed by atoms with Crippen LogP contribution in [0.2, 0.25) is 0 Å². The molecule has 2 unspecified atom stereocenters. The second kappa shape index (κ2) is 7.22. The lowest BCUT2D eigenvalue weighted by atomic mass is 10.0. The molecule has 0 saturated carbocycles. The maximum Gasteiger partial charge on any atom is 0.417 e. The lowest BCUT2D eigenvalue weighted by Gasteiger charge is -2.25. The van der Waals surface area contributed by atoms with E-state index in [0.29, 0.717) is 5.92 Å². The molecule has 1 aliphatic heterocycles. The minimum Gasteiger partial charge on any atom is -0.391 e. The van der Waals surface area contributed by atoms with Crippen LogP contribution in [-0.2, 0) is 22.6 Å². The molecule has 1 aromatic carbocycles. The van der Waals surface area contributed by atoms with Gasteiger partial charge >= 0.3 is 6.18 Å². The van der Waals surface area contributed by atoms with Crippen molar-refractivity contribution >= 4 is 10.0 Å². The number of hydrogen-bond acceptors (Lipinski definition) is 4. The molecule has 0 radical (unpaired) electrons. The first kappa shape index (κ1) is 20.2. The first-order valence-electron chi connectivity index (χ1n) is 8.03. The molecule has 3 atom stereocenters. The second-order valence-electron chi connectivity index (χ2n) is 6.83. The molecule has 2 rings (SSSR count). The van der Waals surface area contributed by atoms with Crippen molar-refractivity contribution in [2.45, 2.75) is 49.9 Å². The lowest BCUT2D eigenvalue weighted by Crippen LogP contribution is -2.36. The molecule has 1 aromatic rings. The van der Waals surface area contributed by atoms with Gasteiger partial charge in [0.05, 0.1) is 16.6 Å². The summed E-state index contributed by atoms with van der Waals surface area (Å²) in [4.78, 5) is 1.07. The quantitative estimate of drug-likeness (QED) is 0.818. The third-order valence-corrected chi connectivity index (χ3v) is 5.47. The maximum atomic E-state index is 13.4. The highest BCUT2D eigenvalue weighted by atomic mass is 32.2. The smallest absolute Gasteiger partial charge is 0.391 e. The molecule has 5 nitrogen and oxygen atoms in total. The van der Waals surface area contributed by atoms with Gasteiger partial charge in [-0.05, 0) is 30.9 Å². The van der Waals surface area contributed by atoms with Crippen LogP contribution in [0, 0.1) is 5.92 Å². The van der Waals surface area contributed by atoms with E-state index in [9.17, 15) is 26.7 Å². The number of rotatable bonds is 5. The monoisotopic (exact) mass is 380 g/mol. The maximum absolute atomic E-state index is 13.4. The Morgan fingerprint density at radius 2 is 2.00 bits per heavy atom. The minimum atomic E-state index is -4.88. The molecule has 1 heterocycles. The summed E-state index contributed by atoms with van der Waals surface area (Å²) in [5, 5.41) is 15.2. The Morgan fingerprint density at radius 3 is 2.48 bits per heavy atom. The first-order valence-corrected chi connectivity index (χ1v) is 9.58. The topological polar surface area (TPSA) is 83.6 Å². The molecule has 0 aromatic heterocycles. The lowest BCUT2D eigenvalue weighted by molar-refractivity contribution is -0.140. The van der Waals surface area contributed by atoms with Gasteiger partial charge in [-0.1, -0.05) is 19.1 Å². The Bertz CT molecular complexity index is 722. The summed E-state index contributed by atoms with van der Waals surface area (Å²) in [6.07, 6.45) is -5.24. The van der Waals surface area contributed by atoms with Gasteiger partial charge in [0.25, 0.3) is 0 Å². The summed E-state index contributed by atoms with van der Waals surface area (Å²) >= 11 is 0. The van der Waals surface area contributed by atoms with Gasteiger partial charge in [-0.15, -0.1) is 0 Å². The van der Waals surface area contributed by atoms with Gasteiger partial charge in [-0.25, -0.2) is 13.6 Å². The standard InChI is InChI=1S/C16H23F3N2O3S/c1-10-6-11(2)21(8-10)9-13(22)7-12-4-3-5-14(25(20,23)24)15(12)16(17,18)19/h3-5,10-11,13,22H,6-9H2,1-2H3,(H2,20,23,24)/t10?,11?,13-/m1/s1. The summed E-state index contributed by atoms with van der Waals surface area (Å²) < 4.78 is 63.2. The first-order chi connectivity index (χ1) is 11.4. The van der Waals surface area contributed by atoms with Crippen molar-refractivity contribution < 1.29 is 26.7 Å². The molecular formula is C16H23F3N2O3S. The molecule has 3 N–H and O–H groups in total. The van der Waals surface area contributed by atoms with Gasteiger partial charge in [0.1, 0.15) is 0 Å². The Kier molecular flexibility index (Phi) is 5.82. The normalized spacial score (nSPS) is 23.8. The van der Waals surface area contributed by atoms with E-state index in [1.165, 1.54) is 12.1 Å². The van der Waals surface area contributed by atoms with Crippen LogP contribution in [0.1, 0.15) is 31.4 Å². The molecular weight excluding hydrogens is 357 g/mol. The number of halogens is 3. The molecule has 142 valence electrons. The van der Waals surface area contributed by atoms with Crippen molar-refractivity contribution in [3.05, 3.63) is 29.3 Å². The number of benzene rings is 1. The third kappa shape index (κ3) is 4.93. The van der Waals surface area contributed by atoms with Crippen LogP contribution in [0.4, 0.5) is 13.2 Å². The van der Waals surface area contributed by atoms with E-state index in [1.54, 1.807) is 0 Å². The fraction of sp³-hybridized carbons (Fsp3) is 0.625. The van der Waals surface area contributed by atoms with Crippen LogP contribution in [-0.4, -0.2) is 43.7 Å². The number of aliphatic hydroxyl groups is 1.